The smallest absolute Gasteiger partial charge is 0.416 e. The number of pyridine rings is 1. The maximum absolute atomic E-state index is 14.2. The number of carboxylic acids is 1. The van der Waals surface area contributed by atoms with Crippen LogP contribution in [-0.4, -0.2) is 38.3 Å². The highest BCUT2D eigenvalue weighted by Crippen LogP contribution is 2.31. The number of aromatic nitrogens is 3. The van der Waals surface area contributed by atoms with Crippen molar-refractivity contribution in [3.63, 3.8) is 0 Å². The lowest BCUT2D eigenvalue weighted by atomic mass is 10.1. The first-order valence-electron chi connectivity index (χ1n) is 13.5. The van der Waals surface area contributed by atoms with E-state index in [1.54, 1.807) is 36.4 Å². The molecular formula is C32H25F4N3O4. The van der Waals surface area contributed by atoms with Gasteiger partial charge in [0.25, 0.3) is 0 Å². The van der Waals surface area contributed by atoms with Gasteiger partial charge in [-0.05, 0) is 48.4 Å². The number of nitrogens with zero attached hydrogens (tertiary/aromatic N) is 3. The molecule has 220 valence electrons. The van der Waals surface area contributed by atoms with E-state index in [0.717, 1.165) is 41.0 Å². The van der Waals surface area contributed by atoms with Gasteiger partial charge in [0.05, 0.1) is 40.5 Å². The zero-order valence-corrected chi connectivity index (χ0v) is 22.6. The minimum Gasteiger partial charge on any atom is -0.478 e. The van der Waals surface area contributed by atoms with Gasteiger partial charge in [0.15, 0.2) is 0 Å². The van der Waals surface area contributed by atoms with Crippen LogP contribution in [0.25, 0.3) is 22.3 Å². The molecule has 1 aliphatic rings. The Morgan fingerprint density at radius 2 is 1.81 bits per heavy atom. The molecule has 1 atom stereocenters. The molecule has 2 aromatic heterocycles. The normalized spacial score (nSPS) is 14.9. The van der Waals surface area contributed by atoms with Crippen LogP contribution in [0.4, 0.5) is 17.6 Å². The third kappa shape index (κ3) is 6.21. The van der Waals surface area contributed by atoms with E-state index in [9.17, 15) is 27.5 Å². The van der Waals surface area contributed by atoms with Gasteiger partial charge in [-0.15, -0.1) is 0 Å². The van der Waals surface area contributed by atoms with Gasteiger partial charge in [0.2, 0.25) is 5.88 Å². The number of imidazole rings is 1. The van der Waals surface area contributed by atoms with Crippen LogP contribution >= 0.6 is 0 Å². The largest absolute Gasteiger partial charge is 0.478 e. The molecule has 1 N–H and O–H groups in total. The van der Waals surface area contributed by atoms with Crippen molar-refractivity contribution < 1.29 is 36.9 Å². The molecular weight excluding hydrogens is 566 g/mol. The zero-order chi connectivity index (χ0) is 30.1. The summed E-state index contributed by atoms with van der Waals surface area (Å²) >= 11 is 0. The first-order valence-corrected chi connectivity index (χ1v) is 13.5. The highest BCUT2D eigenvalue weighted by molar-refractivity contribution is 5.92. The summed E-state index contributed by atoms with van der Waals surface area (Å²) in [5.41, 5.74) is 2.98. The molecule has 3 aromatic carbocycles. The lowest BCUT2D eigenvalue weighted by Gasteiger charge is -2.27. The number of carbonyl (C=O) groups is 1. The van der Waals surface area contributed by atoms with E-state index in [0.29, 0.717) is 36.8 Å². The van der Waals surface area contributed by atoms with Gasteiger partial charge in [0.1, 0.15) is 18.2 Å². The maximum Gasteiger partial charge on any atom is 0.416 e. The van der Waals surface area contributed by atoms with Gasteiger partial charge in [-0.3, -0.25) is 0 Å². The Hall–Kier alpha value is -4.77. The molecule has 0 aliphatic carbocycles. The van der Waals surface area contributed by atoms with Crippen molar-refractivity contribution in [2.75, 3.05) is 6.61 Å². The number of hydrogen-bond donors (Lipinski definition) is 1. The molecule has 43 heavy (non-hydrogen) atoms. The number of alkyl halides is 3. The van der Waals surface area contributed by atoms with Gasteiger partial charge in [-0.1, -0.05) is 36.4 Å². The molecule has 5 aromatic rings. The summed E-state index contributed by atoms with van der Waals surface area (Å²) in [7, 11) is 0. The monoisotopic (exact) mass is 591 g/mol. The third-order valence-electron chi connectivity index (χ3n) is 7.35. The number of hydrogen-bond acceptors (Lipinski definition) is 5. The SMILES string of the molecule is O=C(O)c1ccc2nc(Cc3ccc(-c4cccc(OCc5ccc(C(F)(F)F)cc5F)n4)cc3)n(C[C@@H]3CCO3)c2c1. The van der Waals surface area contributed by atoms with E-state index >= 15 is 0 Å². The number of ether oxygens (including phenoxy) is 2. The minimum atomic E-state index is -4.63. The van der Waals surface area contributed by atoms with Crippen LogP contribution in [0, 0.1) is 5.82 Å². The standard InChI is InChI=1S/C32H25F4N3O4/c33-25-16-23(32(34,35)36)10-8-22(25)18-43-30-3-1-2-26(38-30)20-6-4-19(5-7-20)14-29-37-27-11-9-21(31(40)41)15-28(27)39(29)17-24-12-13-42-24/h1-11,15-16,24H,12-14,17-18H2,(H,40,41)/t24-/m0/s1. The highest BCUT2D eigenvalue weighted by Gasteiger charge is 2.31. The Bertz CT molecular complexity index is 1800. The number of carboxylic acid groups (broad SMARTS) is 1. The predicted octanol–water partition coefficient (Wildman–Crippen LogP) is 6.91. The molecule has 6 rings (SSSR count). The van der Waals surface area contributed by atoms with Crippen molar-refractivity contribution in [1.82, 2.24) is 14.5 Å². The van der Waals surface area contributed by atoms with Crippen molar-refractivity contribution in [1.29, 1.82) is 0 Å². The molecule has 0 amide bonds. The molecule has 0 spiro atoms. The van der Waals surface area contributed by atoms with Crippen LogP contribution in [-0.2, 0) is 30.5 Å². The van der Waals surface area contributed by atoms with Gasteiger partial charge < -0.3 is 19.1 Å². The average molecular weight is 592 g/mol. The zero-order valence-electron chi connectivity index (χ0n) is 22.6. The van der Waals surface area contributed by atoms with E-state index in [2.05, 4.69) is 4.98 Å². The van der Waals surface area contributed by atoms with Crippen LogP contribution in [0.1, 0.15) is 39.3 Å². The lowest BCUT2D eigenvalue weighted by molar-refractivity contribution is -0.137. The number of rotatable bonds is 9. The second-order valence-corrected chi connectivity index (χ2v) is 10.3. The molecule has 7 nitrogen and oxygen atoms in total. The van der Waals surface area contributed by atoms with Crippen LogP contribution in [0.15, 0.2) is 78.9 Å². The Balaban J connectivity index is 1.18. The summed E-state index contributed by atoms with van der Waals surface area (Å²) in [6, 6.07) is 20.1. The molecule has 1 aliphatic heterocycles. The van der Waals surface area contributed by atoms with Crippen molar-refractivity contribution >= 4 is 17.0 Å². The van der Waals surface area contributed by atoms with Crippen molar-refractivity contribution in [2.24, 2.45) is 0 Å². The number of halogens is 4. The Morgan fingerprint density at radius 3 is 2.49 bits per heavy atom. The topological polar surface area (TPSA) is 86.5 Å². The van der Waals surface area contributed by atoms with E-state index in [1.807, 2.05) is 28.8 Å². The Labute approximate surface area is 243 Å². The van der Waals surface area contributed by atoms with Crippen LogP contribution in [0.2, 0.25) is 0 Å². The molecule has 11 heteroatoms. The first-order chi connectivity index (χ1) is 20.6. The fourth-order valence-corrected chi connectivity index (χ4v) is 4.90. The van der Waals surface area contributed by atoms with Gasteiger partial charge in [-0.25, -0.2) is 19.2 Å². The Morgan fingerprint density at radius 1 is 1.02 bits per heavy atom. The van der Waals surface area contributed by atoms with E-state index in [-0.39, 0.29) is 29.7 Å². The number of aromatic carboxylic acids is 1. The maximum atomic E-state index is 14.2. The average Bonchev–Trinajstić information content (AvgIpc) is 3.30. The lowest BCUT2D eigenvalue weighted by Crippen LogP contribution is -2.31. The van der Waals surface area contributed by atoms with Crippen molar-refractivity contribution in [3.8, 4) is 17.1 Å². The van der Waals surface area contributed by atoms with E-state index < -0.39 is 23.5 Å². The Kier molecular flexibility index (Phi) is 7.57. The summed E-state index contributed by atoms with van der Waals surface area (Å²) in [6.07, 6.45) is -3.12. The molecule has 0 bridgehead atoms. The van der Waals surface area contributed by atoms with Gasteiger partial charge in [0, 0.05) is 30.2 Å². The first kappa shape index (κ1) is 28.4. The molecule has 0 saturated carbocycles. The summed E-state index contributed by atoms with van der Waals surface area (Å²) in [5.74, 6) is -1.00. The minimum absolute atomic E-state index is 0.0152. The summed E-state index contributed by atoms with van der Waals surface area (Å²) in [6.45, 7) is 1.01. The second kappa shape index (κ2) is 11.5. The van der Waals surface area contributed by atoms with E-state index in [4.69, 9.17) is 14.5 Å². The fraction of sp³-hybridized carbons (Fsp3) is 0.219. The van der Waals surface area contributed by atoms with Crippen LogP contribution < -0.4 is 4.74 Å². The van der Waals surface area contributed by atoms with Crippen LogP contribution in [0.5, 0.6) is 5.88 Å². The van der Waals surface area contributed by atoms with Gasteiger partial charge in [-0.2, -0.15) is 13.2 Å². The summed E-state index contributed by atoms with van der Waals surface area (Å²) in [4.78, 5) is 20.8. The molecule has 3 heterocycles. The van der Waals surface area contributed by atoms with Gasteiger partial charge >= 0.3 is 12.1 Å². The molecule has 1 saturated heterocycles. The van der Waals surface area contributed by atoms with Crippen molar-refractivity contribution in [3.05, 3.63) is 113 Å². The number of benzene rings is 3. The second-order valence-electron chi connectivity index (χ2n) is 10.3. The predicted molar refractivity (Wildman–Crippen MR) is 149 cm³/mol. The van der Waals surface area contributed by atoms with Crippen LogP contribution in [0.3, 0.4) is 0 Å². The third-order valence-corrected chi connectivity index (χ3v) is 7.35. The molecule has 0 unspecified atom stereocenters. The quantitative estimate of drug-likeness (QED) is 0.188. The fourth-order valence-electron chi connectivity index (χ4n) is 4.90. The van der Waals surface area contributed by atoms with E-state index in [1.165, 1.54) is 0 Å². The van der Waals surface area contributed by atoms with Crippen molar-refractivity contribution in [2.45, 2.75) is 38.3 Å². The number of fused-ring (bicyclic) bond motifs is 1. The molecule has 0 radical (unpaired) electrons. The summed E-state index contributed by atoms with van der Waals surface area (Å²) < 4.78 is 65.9. The summed E-state index contributed by atoms with van der Waals surface area (Å²) in [5, 5.41) is 9.46. The highest BCUT2D eigenvalue weighted by atomic mass is 19.4. The molecule has 1 fully saturated rings.